The lowest BCUT2D eigenvalue weighted by Gasteiger charge is -1.98. The SMILES string of the molecule is O=C(NCC1CC1)c1cc(-c2cccs2)on1. The molecule has 1 saturated carbocycles. The van der Waals surface area contributed by atoms with Crippen molar-refractivity contribution in [2.75, 3.05) is 6.54 Å². The van der Waals surface area contributed by atoms with Crippen LogP contribution in [-0.4, -0.2) is 17.6 Å². The molecule has 0 bridgehead atoms. The van der Waals surface area contributed by atoms with Crippen molar-refractivity contribution in [1.29, 1.82) is 0 Å². The van der Waals surface area contributed by atoms with Crippen LogP contribution in [0.25, 0.3) is 10.6 Å². The lowest BCUT2D eigenvalue weighted by Crippen LogP contribution is -2.25. The topological polar surface area (TPSA) is 55.1 Å². The summed E-state index contributed by atoms with van der Waals surface area (Å²) < 4.78 is 5.15. The first-order valence-electron chi connectivity index (χ1n) is 5.62. The number of carbonyl (C=O) groups excluding carboxylic acids is 1. The molecule has 88 valence electrons. The van der Waals surface area contributed by atoms with Crippen LogP contribution in [0.5, 0.6) is 0 Å². The Hall–Kier alpha value is -1.62. The number of rotatable bonds is 4. The lowest BCUT2D eigenvalue weighted by molar-refractivity contribution is 0.0943. The van der Waals surface area contributed by atoms with Crippen LogP contribution in [0.15, 0.2) is 28.1 Å². The van der Waals surface area contributed by atoms with Gasteiger partial charge in [0, 0.05) is 12.6 Å². The Labute approximate surface area is 103 Å². The molecule has 17 heavy (non-hydrogen) atoms. The molecule has 4 nitrogen and oxygen atoms in total. The molecule has 0 aromatic carbocycles. The third-order valence-corrected chi connectivity index (χ3v) is 3.64. The van der Waals surface area contributed by atoms with E-state index in [0.717, 1.165) is 11.4 Å². The Balaban J connectivity index is 1.68. The van der Waals surface area contributed by atoms with Gasteiger partial charge in [-0.1, -0.05) is 11.2 Å². The average Bonchev–Trinajstić information content (AvgIpc) is 2.85. The maximum absolute atomic E-state index is 11.7. The second kappa shape index (κ2) is 4.33. The quantitative estimate of drug-likeness (QED) is 0.904. The second-order valence-electron chi connectivity index (χ2n) is 4.21. The third-order valence-electron chi connectivity index (χ3n) is 2.76. The highest BCUT2D eigenvalue weighted by Gasteiger charge is 2.22. The van der Waals surface area contributed by atoms with E-state index in [9.17, 15) is 4.79 Å². The van der Waals surface area contributed by atoms with Crippen molar-refractivity contribution in [2.45, 2.75) is 12.8 Å². The van der Waals surface area contributed by atoms with Crippen LogP contribution in [0, 0.1) is 5.92 Å². The zero-order valence-corrected chi connectivity index (χ0v) is 10.00. The number of nitrogens with zero attached hydrogens (tertiary/aromatic N) is 1. The number of amides is 1. The Morgan fingerprint density at radius 2 is 2.47 bits per heavy atom. The number of carbonyl (C=O) groups is 1. The van der Waals surface area contributed by atoms with Gasteiger partial charge in [-0.2, -0.15) is 0 Å². The third kappa shape index (κ3) is 2.39. The number of aromatic nitrogens is 1. The summed E-state index contributed by atoms with van der Waals surface area (Å²) in [7, 11) is 0. The number of thiophene rings is 1. The molecule has 0 atom stereocenters. The molecular weight excluding hydrogens is 236 g/mol. The predicted octanol–water partition coefficient (Wildman–Crippen LogP) is 2.54. The summed E-state index contributed by atoms with van der Waals surface area (Å²) in [5.41, 5.74) is 0.356. The van der Waals surface area contributed by atoms with Crippen LogP contribution in [0.3, 0.4) is 0 Å². The molecule has 3 rings (SSSR count). The zero-order chi connectivity index (χ0) is 11.7. The number of nitrogens with one attached hydrogen (secondary N) is 1. The fourth-order valence-electron chi connectivity index (χ4n) is 1.57. The molecule has 1 N–H and O–H groups in total. The second-order valence-corrected chi connectivity index (χ2v) is 5.15. The van der Waals surface area contributed by atoms with Gasteiger partial charge in [0.25, 0.3) is 5.91 Å². The first-order valence-corrected chi connectivity index (χ1v) is 6.49. The summed E-state index contributed by atoms with van der Waals surface area (Å²) in [6, 6.07) is 5.57. The first kappa shape index (κ1) is 10.5. The Bertz CT molecular complexity index is 514. The normalized spacial score (nSPS) is 14.8. The van der Waals surface area contributed by atoms with Crippen molar-refractivity contribution in [1.82, 2.24) is 10.5 Å². The van der Waals surface area contributed by atoms with Gasteiger partial charge in [0.1, 0.15) is 0 Å². The Morgan fingerprint density at radius 1 is 1.59 bits per heavy atom. The first-order chi connectivity index (χ1) is 8.33. The Morgan fingerprint density at radius 3 is 3.18 bits per heavy atom. The molecule has 0 aliphatic heterocycles. The van der Waals surface area contributed by atoms with Crippen LogP contribution in [0.1, 0.15) is 23.3 Å². The molecule has 0 saturated heterocycles. The molecule has 0 radical (unpaired) electrons. The molecular formula is C12H12N2O2S. The van der Waals surface area contributed by atoms with E-state index in [2.05, 4.69) is 10.5 Å². The highest BCUT2D eigenvalue weighted by atomic mass is 32.1. The molecule has 1 aliphatic rings. The summed E-state index contributed by atoms with van der Waals surface area (Å²) in [4.78, 5) is 12.7. The van der Waals surface area contributed by atoms with E-state index in [0.29, 0.717) is 17.4 Å². The minimum absolute atomic E-state index is 0.150. The molecule has 2 aromatic heterocycles. The number of hydrogen-bond acceptors (Lipinski definition) is 4. The standard InChI is InChI=1S/C12H12N2O2S/c15-12(13-7-8-3-4-8)9-6-10(16-14-9)11-2-1-5-17-11/h1-2,5-6,8H,3-4,7H2,(H,13,15). The summed E-state index contributed by atoms with van der Waals surface area (Å²) >= 11 is 1.56. The maximum atomic E-state index is 11.7. The van der Waals surface area contributed by atoms with E-state index < -0.39 is 0 Å². The minimum Gasteiger partial charge on any atom is -0.355 e. The van der Waals surface area contributed by atoms with E-state index in [-0.39, 0.29) is 5.91 Å². The van der Waals surface area contributed by atoms with E-state index in [1.54, 1.807) is 17.4 Å². The lowest BCUT2D eigenvalue weighted by atomic mass is 10.3. The maximum Gasteiger partial charge on any atom is 0.273 e. The van der Waals surface area contributed by atoms with Gasteiger partial charge in [-0.3, -0.25) is 4.79 Å². The largest absolute Gasteiger partial charge is 0.355 e. The van der Waals surface area contributed by atoms with Gasteiger partial charge in [-0.25, -0.2) is 0 Å². The van der Waals surface area contributed by atoms with E-state index >= 15 is 0 Å². The van der Waals surface area contributed by atoms with Gasteiger partial charge in [-0.15, -0.1) is 11.3 Å². The van der Waals surface area contributed by atoms with Crippen molar-refractivity contribution < 1.29 is 9.32 Å². The molecule has 1 fully saturated rings. The molecule has 0 unspecified atom stereocenters. The fraction of sp³-hybridized carbons (Fsp3) is 0.333. The van der Waals surface area contributed by atoms with Crippen molar-refractivity contribution in [2.24, 2.45) is 5.92 Å². The van der Waals surface area contributed by atoms with Gasteiger partial charge in [0.15, 0.2) is 11.5 Å². The van der Waals surface area contributed by atoms with Crippen LogP contribution in [0.4, 0.5) is 0 Å². The smallest absolute Gasteiger partial charge is 0.273 e. The summed E-state index contributed by atoms with van der Waals surface area (Å²) in [6.45, 7) is 0.750. The van der Waals surface area contributed by atoms with Crippen molar-refractivity contribution in [3.8, 4) is 10.6 Å². The Kier molecular flexibility index (Phi) is 2.68. The highest BCUT2D eigenvalue weighted by Crippen LogP contribution is 2.28. The van der Waals surface area contributed by atoms with Crippen molar-refractivity contribution >= 4 is 17.2 Å². The van der Waals surface area contributed by atoms with E-state index in [1.165, 1.54) is 12.8 Å². The molecule has 2 aromatic rings. The van der Waals surface area contributed by atoms with E-state index in [4.69, 9.17) is 4.52 Å². The van der Waals surface area contributed by atoms with Gasteiger partial charge in [0.05, 0.1) is 4.88 Å². The van der Waals surface area contributed by atoms with Crippen LogP contribution in [0.2, 0.25) is 0 Å². The number of hydrogen-bond donors (Lipinski definition) is 1. The summed E-state index contributed by atoms with van der Waals surface area (Å²) in [5.74, 6) is 1.17. The van der Waals surface area contributed by atoms with Gasteiger partial charge >= 0.3 is 0 Å². The van der Waals surface area contributed by atoms with Crippen LogP contribution >= 0.6 is 11.3 Å². The van der Waals surface area contributed by atoms with Gasteiger partial charge in [-0.05, 0) is 30.2 Å². The summed E-state index contributed by atoms with van der Waals surface area (Å²) in [5, 5.41) is 8.61. The van der Waals surface area contributed by atoms with Gasteiger partial charge in [0.2, 0.25) is 0 Å². The average molecular weight is 248 g/mol. The fourth-order valence-corrected chi connectivity index (χ4v) is 2.24. The summed E-state index contributed by atoms with van der Waals surface area (Å²) in [6.07, 6.45) is 2.44. The van der Waals surface area contributed by atoms with Gasteiger partial charge < -0.3 is 9.84 Å². The predicted molar refractivity (Wildman–Crippen MR) is 64.9 cm³/mol. The molecule has 1 amide bonds. The monoisotopic (exact) mass is 248 g/mol. The van der Waals surface area contributed by atoms with Crippen LogP contribution < -0.4 is 5.32 Å². The molecule has 5 heteroatoms. The van der Waals surface area contributed by atoms with Crippen molar-refractivity contribution in [3.63, 3.8) is 0 Å². The molecule has 0 spiro atoms. The molecule has 1 aliphatic carbocycles. The van der Waals surface area contributed by atoms with Crippen LogP contribution in [-0.2, 0) is 0 Å². The molecule has 2 heterocycles. The zero-order valence-electron chi connectivity index (χ0n) is 9.18. The van der Waals surface area contributed by atoms with E-state index in [1.807, 2.05) is 17.5 Å². The highest BCUT2D eigenvalue weighted by molar-refractivity contribution is 7.13. The van der Waals surface area contributed by atoms with Crippen molar-refractivity contribution in [3.05, 3.63) is 29.3 Å². The minimum atomic E-state index is -0.150.